The first kappa shape index (κ1) is 28.3. The number of nitrogens with one attached hydrogen (secondary N) is 1. The Kier molecular flexibility index (Phi) is 10.1. The summed E-state index contributed by atoms with van der Waals surface area (Å²) in [6, 6.07) is 18.3. The molecule has 4 rings (SSSR count). The number of alkyl carbamates (subject to hydrolysis) is 1. The second-order valence-corrected chi connectivity index (χ2v) is 9.81. The van der Waals surface area contributed by atoms with Gasteiger partial charge in [0.25, 0.3) is 0 Å². The summed E-state index contributed by atoms with van der Waals surface area (Å²) in [6.07, 6.45) is 1.93. The van der Waals surface area contributed by atoms with Gasteiger partial charge in [-0.1, -0.05) is 61.2 Å². The first-order chi connectivity index (χ1) is 19.0. The fourth-order valence-corrected chi connectivity index (χ4v) is 5.02. The third kappa shape index (κ3) is 7.90. The molecule has 3 aromatic rings. The Bertz CT molecular complexity index is 1270. The van der Waals surface area contributed by atoms with Gasteiger partial charge >= 0.3 is 12.1 Å². The van der Waals surface area contributed by atoms with Crippen LogP contribution in [0.4, 0.5) is 4.79 Å². The summed E-state index contributed by atoms with van der Waals surface area (Å²) in [5.74, 6) is -0.543. The molecule has 2 heterocycles. The van der Waals surface area contributed by atoms with Gasteiger partial charge < -0.3 is 29.7 Å². The molecule has 0 spiro atoms. The largest absolute Gasteiger partial charge is 0.478 e. The fourth-order valence-electron chi connectivity index (χ4n) is 4.02. The molecule has 3 unspecified atom stereocenters. The molecule has 2 aromatic carbocycles. The van der Waals surface area contributed by atoms with Gasteiger partial charge in [0, 0.05) is 30.5 Å². The van der Waals surface area contributed by atoms with Crippen molar-refractivity contribution in [2.24, 2.45) is 0 Å². The van der Waals surface area contributed by atoms with E-state index in [0.29, 0.717) is 23.7 Å². The SMILES string of the molecule is C=CCOC(=O)NCc1ccc(C2OC(CSc3ncccc3C(=O)O)CC(c3ccc(CO)cc3)O2)cc1. The Morgan fingerprint density at radius 3 is 2.49 bits per heavy atom. The highest BCUT2D eigenvalue weighted by molar-refractivity contribution is 7.99. The molecule has 39 heavy (non-hydrogen) atoms. The lowest BCUT2D eigenvalue weighted by molar-refractivity contribution is -0.245. The predicted molar refractivity (Wildman–Crippen MR) is 145 cm³/mol. The molecule has 10 heteroatoms. The van der Waals surface area contributed by atoms with Crippen LogP contribution in [0.3, 0.4) is 0 Å². The van der Waals surface area contributed by atoms with Crippen LogP contribution < -0.4 is 5.32 Å². The van der Waals surface area contributed by atoms with Crippen molar-refractivity contribution in [1.29, 1.82) is 0 Å². The molecule has 1 amide bonds. The van der Waals surface area contributed by atoms with Gasteiger partial charge in [-0.2, -0.15) is 0 Å². The van der Waals surface area contributed by atoms with E-state index < -0.39 is 18.4 Å². The summed E-state index contributed by atoms with van der Waals surface area (Å²) in [5.41, 5.74) is 3.61. The van der Waals surface area contributed by atoms with E-state index >= 15 is 0 Å². The van der Waals surface area contributed by atoms with Gasteiger partial charge in [0.1, 0.15) is 11.6 Å². The number of aromatic carboxylic acids is 1. The van der Waals surface area contributed by atoms with Gasteiger partial charge in [-0.15, -0.1) is 11.8 Å². The van der Waals surface area contributed by atoms with E-state index in [1.165, 1.54) is 23.9 Å². The minimum absolute atomic E-state index is 0.0417. The van der Waals surface area contributed by atoms with E-state index in [0.717, 1.165) is 22.3 Å². The highest BCUT2D eigenvalue weighted by Gasteiger charge is 2.32. The van der Waals surface area contributed by atoms with Gasteiger partial charge in [-0.05, 0) is 28.8 Å². The molecule has 0 saturated carbocycles. The highest BCUT2D eigenvalue weighted by Crippen LogP contribution is 2.39. The number of aliphatic hydroxyl groups is 1. The standard InChI is InChI=1S/C29H30N2O7S/c1-2-14-36-29(35)31-16-19-5-11-22(12-6-19)28-37-23(18-39-26-24(27(33)34)4-3-13-30-26)15-25(38-28)21-9-7-20(17-32)8-10-21/h2-13,23,25,28,32H,1,14-18H2,(H,31,35)(H,33,34). The zero-order valence-electron chi connectivity index (χ0n) is 21.2. The van der Waals surface area contributed by atoms with Gasteiger partial charge in [0.15, 0.2) is 6.29 Å². The number of carboxylic acid groups (broad SMARTS) is 1. The minimum Gasteiger partial charge on any atom is -0.478 e. The van der Waals surface area contributed by atoms with Crippen molar-refractivity contribution in [3.63, 3.8) is 0 Å². The topological polar surface area (TPSA) is 127 Å². The average Bonchev–Trinajstić information content (AvgIpc) is 2.98. The second-order valence-electron chi connectivity index (χ2n) is 8.80. The summed E-state index contributed by atoms with van der Waals surface area (Å²) >= 11 is 1.34. The number of carboxylic acids is 1. The number of rotatable bonds is 11. The summed E-state index contributed by atoms with van der Waals surface area (Å²) in [6.45, 7) is 3.92. The zero-order chi connectivity index (χ0) is 27.6. The van der Waals surface area contributed by atoms with E-state index in [1.54, 1.807) is 12.3 Å². The molecular formula is C29H30N2O7S. The minimum atomic E-state index is -1.03. The Hall–Kier alpha value is -3.70. The number of hydrogen-bond donors (Lipinski definition) is 3. The Balaban J connectivity index is 1.48. The van der Waals surface area contributed by atoms with Crippen LogP contribution in [0.5, 0.6) is 0 Å². The smallest absolute Gasteiger partial charge is 0.407 e. The molecule has 0 bridgehead atoms. The number of benzene rings is 2. The second kappa shape index (κ2) is 13.9. The molecule has 1 aromatic heterocycles. The van der Waals surface area contributed by atoms with Crippen molar-refractivity contribution < 1.29 is 34.0 Å². The third-order valence-electron chi connectivity index (χ3n) is 6.04. The maximum Gasteiger partial charge on any atom is 0.407 e. The van der Waals surface area contributed by atoms with Crippen LogP contribution in [-0.4, -0.2) is 45.7 Å². The van der Waals surface area contributed by atoms with Crippen LogP contribution in [0.1, 0.15) is 51.4 Å². The number of carbonyl (C=O) groups excluding carboxylic acids is 1. The molecule has 3 atom stereocenters. The van der Waals surface area contributed by atoms with E-state index in [-0.39, 0.29) is 31.0 Å². The summed E-state index contributed by atoms with van der Waals surface area (Å²) in [5, 5.41) is 22.0. The maximum atomic E-state index is 11.7. The monoisotopic (exact) mass is 550 g/mol. The Labute approximate surface area is 230 Å². The molecule has 204 valence electrons. The number of pyridine rings is 1. The normalized spacial score (nSPS) is 18.7. The fraction of sp³-hybridized carbons (Fsp3) is 0.276. The number of amides is 1. The summed E-state index contributed by atoms with van der Waals surface area (Å²) in [7, 11) is 0. The summed E-state index contributed by atoms with van der Waals surface area (Å²) in [4.78, 5) is 27.5. The number of thioether (sulfide) groups is 1. The van der Waals surface area contributed by atoms with Gasteiger partial charge in [0.05, 0.1) is 24.4 Å². The molecule has 3 N–H and O–H groups in total. The first-order valence-electron chi connectivity index (χ1n) is 12.4. The van der Waals surface area contributed by atoms with Crippen molar-refractivity contribution in [3.05, 3.63) is 107 Å². The molecule has 1 aliphatic heterocycles. The molecule has 0 radical (unpaired) electrons. The Morgan fingerprint density at radius 2 is 1.79 bits per heavy atom. The summed E-state index contributed by atoms with van der Waals surface area (Å²) < 4.78 is 17.6. The van der Waals surface area contributed by atoms with Crippen LogP contribution in [0, 0.1) is 0 Å². The Morgan fingerprint density at radius 1 is 1.08 bits per heavy atom. The number of carbonyl (C=O) groups is 2. The number of hydrogen-bond acceptors (Lipinski definition) is 8. The van der Waals surface area contributed by atoms with Crippen LogP contribution in [0.25, 0.3) is 0 Å². The first-order valence-corrected chi connectivity index (χ1v) is 13.4. The van der Waals surface area contributed by atoms with Gasteiger partial charge in [-0.3, -0.25) is 0 Å². The molecule has 1 fully saturated rings. The maximum absolute atomic E-state index is 11.7. The number of aliphatic hydroxyl groups excluding tert-OH is 1. The van der Waals surface area contributed by atoms with E-state index in [9.17, 15) is 19.8 Å². The highest BCUT2D eigenvalue weighted by atomic mass is 32.2. The van der Waals surface area contributed by atoms with Crippen LogP contribution >= 0.6 is 11.8 Å². The number of aromatic nitrogens is 1. The van der Waals surface area contributed by atoms with E-state index in [2.05, 4.69) is 16.9 Å². The number of nitrogens with zero attached hydrogens (tertiary/aromatic N) is 1. The van der Waals surface area contributed by atoms with Crippen LogP contribution in [0.2, 0.25) is 0 Å². The molecule has 9 nitrogen and oxygen atoms in total. The van der Waals surface area contributed by atoms with Crippen molar-refractivity contribution >= 4 is 23.8 Å². The molecule has 1 saturated heterocycles. The van der Waals surface area contributed by atoms with E-state index in [4.69, 9.17) is 14.2 Å². The number of ether oxygens (including phenoxy) is 3. The molecule has 0 aliphatic carbocycles. The van der Waals surface area contributed by atoms with Crippen molar-refractivity contribution in [2.45, 2.75) is 43.1 Å². The van der Waals surface area contributed by atoms with E-state index in [1.807, 2.05) is 48.5 Å². The predicted octanol–water partition coefficient (Wildman–Crippen LogP) is 5.02. The van der Waals surface area contributed by atoms with Crippen LogP contribution in [0.15, 0.2) is 84.5 Å². The lowest BCUT2D eigenvalue weighted by Crippen LogP contribution is -2.31. The van der Waals surface area contributed by atoms with Crippen molar-refractivity contribution in [2.75, 3.05) is 12.4 Å². The average molecular weight is 551 g/mol. The third-order valence-corrected chi connectivity index (χ3v) is 7.18. The van der Waals surface area contributed by atoms with Gasteiger partial charge in [0.2, 0.25) is 0 Å². The lowest BCUT2D eigenvalue weighted by Gasteiger charge is -2.36. The molecular weight excluding hydrogens is 520 g/mol. The van der Waals surface area contributed by atoms with Crippen molar-refractivity contribution in [1.82, 2.24) is 10.3 Å². The quantitative estimate of drug-likeness (QED) is 0.223. The lowest BCUT2D eigenvalue weighted by atomic mass is 10.0. The molecule has 1 aliphatic rings. The van der Waals surface area contributed by atoms with Crippen LogP contribution in [-0.2, 0) is 27.4 Å². The van der Waals surface area contributed by atoms with Gasteiger partial charge in [-0.25, -0.2) is 14.6 Å². The van der Waals surface area contributed by atoms with Crippen molar-refractivity contribution in [3.8, 4) is 0 Å². The zero-order valence-corrected chi connectivity index (χ0v) is 22.0.